The van der Waals surface area contributed by atoms with Gasteiger partial charge in [0.25, 0.3) is 0 Å². The van der Waals surface area contributed by atoms with Crippen molar-refractivity contribution < 1.29 is 9.59 Å². The zero-order valence-electron chi connectivity index (χ0n) is 6.78. The Kier molecular flexibility index (Phi) is 2.54. The molecule has 1 rings (SSSR count). The van der Waals surface area contributed by atoms with Crippen LogP contribution >= 0.6 is 0 Å². The van der Waals surface area contributed by atoms with Gasteiger partial charge in [-0.1, -0.05) is 12.1 Å². The molecule has 0 aliphatic heterocycles. The van der Waals surface area contributed by atoms with Crippen LogP contribution in [0.15, 0.2) is 18.2 Å². The van der Waals surface area contributed by atoms with Crippen LogP contribution in [0.3, 0.4) is 0 Å². The zero-order valence-corrected chi connectivity index (χ0v) is 6.78. The molecule has 4 nitrogen and oxygen atoms in total. The third-order valence-corrected chi connectivity index (χ3v) is 1.67. The van der Waals surface area contributed by atoms with Crippen LogP contribution < -0.4 is 5.73 Å². The van der Waals surface area contributed by atoms with Gasteiger partial charge in [0.1, 0.15) is 5.71 Å². The molecule has 0 saturated carbocycles. The number of rotatable bonds is 3. The van der Waals surface area contributed by atoms with E-state index in [0.717, 1.165) is 0 Å². The highest BCUT2D eigenvalue weighted by Crippen LogP contribution is 2.15. The number of benzene rings is 1. The number of hydrogen-bond donors (Lipinski definition) is 2. The Morgan fingerprint density at radius 3 is 2.62 bits per heavy atom. The SMILES string of the molecule is N=C(C=O)c1cccc(C=O)c1N. The van der Waals surface area contributed by atoms with Crippen LogP contribution in [0, 0.1) is 5.41 Å². The quantitative estimate of drug-likeness (QED) is 0.403. The van der Waals surface area contributed by atoms with E-state index in [1.165, 1.54) is 12.1 Å². The van der Waals surface area contributed by atoms with Gasteiger partial charge < -0.3 is 5.73 Å². The predicted octanol–water partition coefficient (Wildman–Crippen LogP) is 0.648. The minimum atomic E-state index is -0.221. The van der Waals surface area contributed by atoms with Crippen LogP contribution in [0.25, 0.3) is 0 Å². The number of para-hydroxylation sites is 1. The predicted molar refractivity (Wildman–Crippen MR) is 49.1 cm³/mol. The first-order chi connectivity index (χ1) is 6.20. The average Bonchev–Trinajstić information content (AvgIpc) is 2.17. The van der Waals surface area contributed by atoms with E-state index in [9.17, 15) is 9.59 Å². The number of nitrogens with one attached hydrogen (secondary N) is 1. The fourth-order valence-corrected chi connectivity index (χ4v) is 0.984. The molecular weight excluding hydrogens is 168 g/mol. The van der Waals surface area contributed by atoms with Crippen molar-refractivity contribution in [2.75, 3.05) is 5.73 Å². The van der Waals surface area contributed by atoms with Gasteiger partial charge in [-0.25, -0.2) is 0 Å². The molecule has 1 aromatic rings. The average molecular weight is 176 g/mol. The Bertz CT molecular complexity index is 372. The molecule has 0 atom stereocenters. The van der Waals surface area contributed by atoms with E-state index in [0.29, 0.717) is 23.7 Å². The second-order valence-corrected chi connectivity index (χ2v) is 2.46. The first kappa shape index (κ1) is 9.12. The Hall–Kier alpha value is -1.97. The van der Waals surface area contributed by atoms with Crippen molar-refractivity contribution in [2.45, 2.75) is 0 Å². The van der Waals surface area contributed by atoms with Gasteiger partial charge in [-0.2, -0.15) is 0 Å². The van der Waals surface area contributed by atoms with E-state index in [1.807, 2.05) is 0 Å². The molecule has 0 radical (unpaired) electrons. The molecule has 0 saturated heterocycles. The van der Waals surface area contributed by atoms with Gasteiger partial charge in [-0.3, -0.25) is 15.0 Å². The van der Waals surface area contributed by atoms with Gasteiger partial charge in [0.15, 0.2) is 12.6 Å². The molecule has 0 unspecified atom stereocenters. The number of hydrogen-bond acceptors (Lipinski definition) is 4. The van der Waals surface area contributed by atoms with Crippen molar-refractivity contribution in [1.82, 2.24) is 0 Å². The van der Waals surface area contributed by atoms with Gasteiger partial charge in [0.05, 0.1) is 5.69 Å². The largest absolute Gasteiger partial charge is 0.398 e. The molecule has 0 fully saturated rings. The number of nitrogens with two attached hydrogens (primary N) is 1. The van der Waals surface area contributed by atoms with Crippen LogP contribution in [0.2, 0.25) is 0 Å². The Balaban J connectivity index is 3.30. The summed E-state index contributed by atoms with van der Waals surface area (Å²) in [4.78, 5) is 20.7. The Morgan fingerprint density at radius 2 is 2.08 bits per heavy atom. The maximum absolute atomic E-state index is 10.5. The van der Waals surface area contributed by atoms with Crippen molar-refractivity contribution in [1.29, 1.82) is 5.41 Å². The minimum Gasteiger partial charge on any atom is -0.398 e. The highest BCUT2D eigenvalue weighted by molar-refractivity contribution is 6.36. The summed E-state index contributed by atoms with van der Waals surface area (Å²) in [5.74, 6) is 0. The van der Waals surface area contributed by atoms with Crippen molar-refractivity contribution in [3.8, 4) is 0 Å². The lowest BCUT2D eigenvalue weighted by Gasteiger charge is -2.03. The highest BCUT2D eigenvalue weighted by atomic mass is 16.1. The van der Waals surface area contributed by atoms with E-state index >= 15 is 0 Å². The maximum Gasteiger partial charge on any atom is 0.168 e. The van der Waals surface area contributed by atoms with Crippen LogP contribution in [0.1, 0.15) is 15.9 Å². The highest BCUT2D eigenvalue weighted by Gasteiger charge is 2.07. The van der Waals surface area contributed by atoms with Gasteiger partial charge >= 0.3 is 0 Å². The second-order valence-electron chi connectivity index (χ2n) is 2.46. The molecular formula is C9H8N2O2. The molecule has 0 amide bonds. The standard InChI is InChI=1S/C9H8N2O2/c10-8(5-13)7-3-1-2-6(4-12)9(7)11/h1-5,10H,11H2. The van der Waals surface area contributed by atoms with E-state index in [2.05, 4.69) is 0 Å². The topological polar surface area (TPSA) is 84.0 Å². The van der Waals surface area contributed by atoms with E-state index in [-0.39, 0.29) is 11.4 Å². The summed E-state index contributed by atoms with van der Waals surface area (Å²) in [7, 11) is 0. The van der Waals surface area contributed by atoms with Gasteiger partial charge in [0, 0.05) is 11.1 Å². The summed E-state index contributed by atoms with van der Waals surface area (Å²) in [6.07, 6.45) is 0.983. The zero-order chi connectivity index (χ0) is 9.84. The first-order valence-electron chi connectivity index (χ1n) is 3.58. The smallest absolute Gasteiger partial charge is 0.168 e. The van der Waals surface area contributed by atoms with Crippen molar-refractivity contribution >= 4 is 24.0 Å². The molecule has 0 aliphatic rings. The van der Waals surface area contributed by atoms with Crippen LogP contribution in [0.4, 0.5) is 5.69 Å². The van der Waals surface area contributed by atoms with Crippen LogP contribution in [-0.2, 0) is 4.79 Å². The molecule has 0 heterocycles. The van der Waals surface area contributed by atoms with Crippen molar-refractivity contribution in [2.24, 2.45) is 0 Å². The van der Waals surface area contributed by atoms with Crippen LogP contribution in [-0.4, -0.2) is 18.3 Å². The minimum absolute atomic E-state index is 0.176. The number of carbonyl (C=O) groups excluding carboxylic acids is 2. The molecule has 1 aromatic carbocycles. The van der Waals surface area contributed by atoms with Crippen LogP contribution in [0.5, 0.6) is 0 Å². The van der Waals surface area contributed by atoms with E-state index in [4.69, 9.17) is 11.1 Å². The summed E-state index contributed by atoms with van der Waals surface area (Å²) in [6.45, 7) is 0. The molecule has 13 heavy (non-hydrogen) atoms. The molecule has 0 bridgehead atoms. The fraction of sp³-hybridized carbons (Fsp3) is 0. The summed E-state index contributed by atoms with van der Waals surface area (Å²) in [5, 5.41) is 7.23. The van der Waals surface area contributed by atoms with E-state index < -0.39 is 0 Å². The number of anilines is 1. The molecule has 0 spiro atoms. The molecule has 4 heteroatoms. The van der Waals surface area contributed by atoms with E-state index in [1.54, 1.807) is 6.07 Å². The third kappa shape index (κ3) is 1.61. The lowest BCUT2D eigenvalue weighted by Crippen LogP contribution is -2.06. The normalized spacial score (nSPS) is 9.23. The summed E-state index contributed by atoms with van der Waals surface area (Å²) in [6, 6.07) is 4.64. The lowest BCUT2D eigenvalue weighted by atomic mass is 10.0. The molecule has 66 valence electrons. The number of aldehydes is 2. The molecule has 3 N–H and O–H groups in total. The maximum atomic E-state index is 10.5. The summed E-state index contributed by atoms with van der Waals surface area (Å²) < 4.78 is 0. The summed E-state index contributed by atoms with van der Waals surface area (Å²) >= 11 is 0. The molecule has 0 aromatic heterocycles. The van der Waals surface area contributed by atoms with Crippen molar-refractivity contribution in [3.63, 3.8) is 0 Å². The van der Waals surface area contributed by atoms with Gasteiger partial charge in [-0.15, -0.1) is 0 Å². The Labute approximate surface area is 74.9 Å². The van der Waals surface area contributed by atoms with Gasteiger partial charge in [0.2, 0.25) is 0 Å². The fourth-order valence-electron chi connectivity index (χ4n) is 0.984. The third-order valence-electron chi connectivity index (χ3n) is 1.67. The van der Waals surface area contributed by atoms with Crippen molar-refractivity contribution in [3.05, 3.63) is 29.3 Å². The second kappa shape index (κ2) is 3.62. The summed E-state index contributed by atoms with van der Waals surface area (Å²) in [5.41, 5.74) is 6.08. The Morgan fingerprint density at radius 1 is 1.38 bits per heavy atom. The monoisotopic (exact) mass is 176 g/mol. The molecule has 0 aliphatic carbocycles. The van der Waals surface area contributed by atoms with Gasteiger partial charge in [-0.05, 0) is 6.07 Å². The number of nitrogen functional groups attached to an aromatic ring is 1. The first-order valence-corrected chi connectivity index (χ1v) is 3.58. The number of carbonyl (C=O) groups is 2. The lowest BCUT2D eigenvalue weighted by molar-refractivity contribution is -0.102.